The van der Waals surface area contributed by atoms with Crippen LogP contribution in [0.3, 0.4) is 0 Å². The molecule has 0 bridgehead atoms. The second-order valence-corrected chi connectivity index (χ2v) is 5.78. The summed E-state index contributed by atoms with van der Waals surface area (Å²) in [5.74, 6) is 0.914. The number of anilines is 1. The quantitative estimate of drug-likeness (QED) is 0.897. The maximum atomic E-state index is 14.0. The Morgan fingerprint density at radius 3 is 2.80 bits per heavy atom. The molecule has 0 amide bonds. The second-order valence-electron chi connectivity index (χ2n) is 5.78. The van der Waals surface area contributed by atoms with Gasteiger partial charge in [-0.05, 0) is 18.6 Å². The number of nitrogens with zero attached hydrogens (tertiary/aromatic N) is 4. The van der Waals surface area contributed by atoms with Crippen molar-refractivity contribution >= 4 is 5.82 Å². The molecule has 0 spiro atoms. The average Bonchev–Trinajstić information content (AvgIpc) is 2.67. The van der Waals surface area contributed by atoms with Gasteiger partial charge in [0.2, 0.25) is 5.88 Å². The lowest BCUT2D eigenvalue weighted by Crippen LogP contribution is -2.44. The number of rotatable bonds is 5. The number of hydrogen-bond donors (Lipinski definition) is 1. The van der Waals surface area contributed by atoms with Gasteiger partial charge in [0.25, 0.3) is 0 Å². The molecule has 6 nitrogen and oxygen atoms in total. The van der Waals surface area contributed by atoms with Crippen LogP contribution in [0.5, 0.6) is 5.88 Å². The standard InChI is InChI=1S/C18H20FN5O/c1-2-15-17(24-7-5-21-6-8-24)22-12-23-18(15)25-11-14-4-3-13(10-20)9-16(14)19/h3-4,9,12,21H,2,5-8,11H2,1H3. The minimum Gasteiger partial charge on any atom is -0.472 e. The van der Waals surface area contributed by atoms with Crippen molar-refractivity contribution in [2.75, 3.05) is 31.1 Å². The summed E-state index contributed by atoms with van der Waals surface area (Å²) < 4.78 is 19.8. The topological polar surface area (TPSA) is 74.1 Å². The molecule has 2 aromatic rings. The third-order valence-electron chi connectivity index (χ3n) is 4.20. The zero-order valence-electron chi connectivity index (χ0n) is 14.1. The first-order valence-corrected chi connectivity index (χ1v) is 8.33. The molecule has 1 aliphatic heterocycles. The smallest absolute Gasteiger partial charge is 0.222 e. The van der Waals surface area contributed by atoms with E-state index in [0.29, 0.717) is 17.0 Å². The molecule has 0 aliphatic carbocycles. The van der Waals surface area contributed by atoms with Gasteiger partial charge in [0, 0.05) is 31.7 Å². The highest BCUT2D eigenvalue weighted by Crippen LogP contribution is 2.27. The van der Waals surface area contributed by atoms with Crippen LogP contribution in [0.4, 0.5) is 10.2 Å². The fourth-order valence-corrected chi connectivity index (χ4v) is 2.85. The second kappa shape index (κ2) is 7.90. The summed E-state index contributed by atoms with van der Waals surface area (Å²) in [7, 11) is 0. The molecule has 25 heavy (non-hydrogen) atoms. The summed E-state index contributed by atoms with van der Waals surface area (Å²) in [5, 5.41) is 12.1. The summed E-state index contributed by atoms with van der Waals surface area (Å²) in [4.78, 5) is 10.9. The fraction of sp³-hybridized carbons (Fsp3) is 0.389. The van der Waals surface area contributed by atoms with Crippen LogP contribution >= 0.6 is 0 Å². The molecule has 1 aliphatic rings. The van der Waals surface area contributed by atoms with Crippen LogP contribution < -0.4 is 15.0 Å². The molecule has 0 saturated carbocycles. The Bertz CT molecular complexity index is 784. The van der Waals surface area contributed by atoms with E-state index in [1.165, 1.54) is 12.4 Å². The Morgan fingerprint density at radius 2 is 2.12 bits per heavy atom. The van der Waals surface area contributed by atoms with Crippen LogP contribution in [0.15, 0.2) is 24.5 Å². The molecule has 3 rings (SSSR count). The van der Waals surface area contributed by atoms with Crippen LogP contribution in [0, 0.1) is 17.1 Å². The van der Waals surface area contributed by atoms with Crippen molar-refractivity contribution in [3.05, 3.63) is 47.0 Å². The zero-order valence-corrected chi connectivity index (χ0v) is 14.1. The van der Waals surface area contributed by atoms with Crippen molar-refractivity contribution in [1.82, 2.24) is 15.3 Å². The third-order valence-corrected chi connectivity index (χ3v) is 4.20. The van der Waals surface area contributed by atoms with E-state index in [1.54, 1.807) is 12.1 Å². The highest BCUT2D eigenvalue weighted by atomic mass is 19.1. The molecular weight excluding hydrogens is 321 g/mol. The molecule has 0 atom stereocenters. The Kier molecular flexibility index (Phi) is 5.41. The van der Waals surface area contributed by atoms with Crippen molar-refractivity contribution in [3.8, 4) is 11.9 Å². The number of benzene rings is 1. The van der Waals surface area contributed by atoms with E-state index in [2.05, 4.69) is 20.2 Å². The monoisotopic (exact) mass is 341 g/mol. The predicted molar refractivity (Wildman–Crippen MR) is 91.9 cm³/mol. The maximum Gasteiger partial charge on any atom is 0.222 e. The number of hydrogen-bond acceptors (Lipinski definition) is 6. The molecule has 2 heterocycles. The maximum absolute atomic E-state index is 14.0. The molecular formula is C18H20FN5O. The van der Waals surface area contributed by atoms with Crippen molar-refractivity contribution in [1.29, 1.82) is 5.26 Å². The SMILES string of the molecule is CCc1c(OCc2ccc(C#N)cc2F)ncnc1N1CCNCC1. The van der Waals surface area contributed by atoms with Crippen LogP contribution in [0.2, 0.25) is 0 Å². The van der Waals surface area contributed by atoms with Gasteiger partial charge in [0.05, 0.1) is 17.2 Å². The van der Waals surface area contributed by atoms with Gasteiger partial charge in [0.1, 0.15) is 24.6 Å². The molecule has 1 saturated heterocycles. The van der Waals surface area contributed by atoms with E-state index in [1.807, 2.05) is 13.0 Å². The molecule has 1 aromatic carbocycles. The molecule has 7 heteroatoms. The largest absolute Gasteiger partial charge is 0.472 e. The first kappa shape index (κ1) is 17.1. The van der Waals surface area contributed by atoms with Crippen molar-refractivity contribution in [3.63, 3.8) is 0 Å². The summed E-state index contributed by atoms with van der Waals surface area (Å²) in [6.07, 6.45) is 2.21. The van der Waals surface area contributed by atoms with Gasteiger partial charge in [-0.3, -0.25) is 0 Å². The lowest BCUT2D eigenvalue weighted by atomic mass is 10.1. The molecule has 1 N–H and O–H groups in total. The fourth-order valence-electron chi connectivity index (χ4n) is 2.85. The van der Waals surface area contributed by atoms with Gasteiger partial charge >= 0.3 is 0 Å². The van der Waals surface area contributed by atoms with Crippen LogP contribution in [0.1, 0.15) is 23.6 Å². The van der Waals surface area contributed by atoms with E-state index >= 15 is 0 Å². The Balaban J connectivity index is 1.79. The van der Waals surface area contributed by atoms with Gasteiger partial charge in [-0.15, -0.1) is 0 Å². The number of ether oxygens (including phenoxy) is 1. The molecule has 130 valence electrons. The highest BCUT2D eigenvalue weighted by molar-refractivity contribution is 5.51. The minimum atomic E-state index is -0.450. The van der Waals surface area contributed by atoms with E-state index < -0.39 is 5.82 Å². The lowest BCUT2D eigenvalue weighted by molar-refractivity contribution is 0.284. The first-order valence-electron chi connectivity index (χ1n) is 8.33. The molecule has 1 fully saturated rings. The molecule has 1 aromatic heterocycles. The van der Waals surface area contributed by atoms with Gasteiger partial charge < -0.3 is 15.0 Å². The van der Waals surface area contributed by atoms with Gasteiger partial charge in [-0.1, -0.05) is 13.0 Å². The Hall–Kier alpha value is -2.72. The van der Waals surface area contributed by atoms with Crippen LogP contribution in [-0.2, 0) is 13.0 Å². The van der Waals surface area contributed by atoms with E-state index in [-0.39, 0.29) is 6.61 Å². The Labute approximate surface area is 146 Å². The van der Waals surface area contributed by atoms with Crippen molar-refractivity contribution < 1.29 is 9.13 Å². The number of nitriles is 1. The molecule has 0 radical (unpaired) electrons. The lowest BCUT2D eigenvalue weighted by Gasteiger charge is -2.30. The number of nitrogens with one attached hydrogen (secondary N) is 1. The predicted octanol–water partition coefficient (Wildman–Crippen LogP) is 2.04. The first-order chi connectivity index (χ1) is 12.2. The van der Waals surface area contributed by atoms with Crippen LogP contribution in [0.25, 0.3) is 0 Å². The normalized spacial score (nSPS) is 14.2. The summed E-state index contributed by atoms with van der Waals surface area (Å²) in [6.45, 7) is 5.68. The van der Waals surface area contributed by atoms with Crippen molar-refractivity contribution in [2.24, 2.45) is 0 Å². The highest BCUT2D eigenvalue weighted by Gasteiger charge is 2.19. The number of aromatic nitrogens is 2. The van der Waals surface area contributed by atoms with E-state index in [4.69, 9.17) is 10.00 Å². The van der Waals surface area contributed by atoms with Gasteiger partial charge in [-0.25, -0.2) is 14.4 Å². The third kappa shape index (κ3) is 3.86. The Morgan fingerprint density at radius 1 is 1.32 bits per heavy atom. The van der Waals surface area contributed by atoms with E-state index in [9.17, 15) is 4.39 Å². The van der Waals surface area contributed by atoms with Crippen molar-refractivity contribution in [2.45, 2.75) is 20.0 Å². The molecule has 0 unspecified atom stereocenters. The number of piperazine rings is 1. The number of halogens is 1. The average molecular weight is 341 g/mol. The minimum absolute atomic E-state index is 0.0581. The summed E-state index contributed by atoms with van der Waals surface area (Å²) in [6, 6.07) is 6.28. The summed E-state index contributed by atoms with van der Waals surface area (Å²) in [5.41, 5.74) is 1.61. The van der Waals surface area contributed by atoms with Gasteiger partial charge in [0.15, 0.2) is 0 Å². The summed E-state index contributed by atoms with van der Waals surface area (Å²) >= 11 is 0. The zero-order chi connectivity index (χ0) is 17.6. The van der Waals surface area contributed by atoms with E-state index in [0.717, 1.165) is 44.0 Å². The van der Waals surface area contributed by atoms with Crippen LogP contribution in [-0.4, -0.2) is 36.1 Å². The van der Waals surface area contributed by atoms with Gasteiger partial charge in [-0.2, -0.15) is 5.26 Å².